The van der Waals surface area contributed by atoms with Crippen LogP contribution in [0.15, 0.2) is 12.4 Å². The Morgan fingerprint density at radius 1 is 1.50 bits per heavy atom. The van der Waals surface area contributed by atoms with E-state index in [-0.39, 0.29) is 6.10 Å². The summed E-state index contributed by atoms with van der Waals surface area (Å²) in [4.78, 5) is 6.45. The zero-order chi connectivity index (χ0) is 12.8. The molecule has 1 aliphatic rings. The fourth-order valence-corrected chi connectivity index (χ4v) is 2.06. The van der Waals surface area contributed by atoms with Gasteiger partial charge in [-0.1, -0.05) is 0 Å². The molecule has 2 N–H and O–H groups in total. The molecule has 18 heavy (non-hydrogen) atoms. The second-order valence-electron chi connectivity index (χ2n) is 4.65. The van der Waals surface area contributed by atoms with Crippen molar-refractivity contribution >= 4 is 0 Å². The van der Waals surface area contributed by atoms with Crippen molar-refractivity contribution in [3.8, 4) is 0 Å². The van der Waals surface area contributed by atoms with Crippen LogP contribution in [0, 0.1) is 0 Å². The lowest BCUT2D eigenvalue weighted by Gasteiger charge is -2.28. The Morgan fingerprint density at radius 2 is 2.28 bits per heavy atom. The van der Waals surface area contributed by atoms with Crippen molar-refractivity contribution in [1.82, 2.24) is 19.8 Å². The van der Waals surface area contributed by atoms with Crippen molar-refractivity contribution in [2.75, 3.05) is 39.4 Å². The number of nitrogens with zero attached hydrogens (tertiary/aromatic N) is 3. The van der Waals surface area contributed by atoms with E-state index in [0.29, 0.717) is 19.6 Å². The molecule has 1 aliphatic heterocycles. The van der Waals surface area contributed by atoms with E-state index in [2.05, 4.69) is 15.2 Å². The van der Waals surface area contributed by atoms with Crippen LogP contribution in [-0.4, -0.2) is 65.1 Å². The summed E-state index contributed by atoms with van der Waals surface area (Å²) in [6.07, 6.45) is 3.35. The summed E-state index contributed by atoms with van der Waals surface area (Å²) >= 11 is 0. The van der Waals surface area contributed by atoms with Gasteiger partial charge in [0.2, 0.25) is 0 Å². The summed E-state index contributed by atoms with van der Waals surface area (Å²) in [5.74, 6) is 0.980. The van der Waals surface area contributed by atoms with Gasteiger partial charge >= 0.3 is 0 Å². The summed E-state index contributed by atoms with van der Waals surface area (Å²) in [5, 5.41) is 13.2. The molecule has 0 radical (unpaired) electrons. The lowest BCUT2D eigenvalue weighted by Crippen LogP contribution is -2.43. The third-order valence-corrected chi connectivity index (χ3v) is 3.16. The van der Waals surface area contributed by atoms with Gasteiger partial charge in [-0.25, -0.2) is 4.98 Å². The van der Waals surface area contributed by atoms with Crippen molar-refractivity contribution in [1.29, 1.82) is 0 Å². The fourth-order valence-electron chi connectivity index (χ4n) is 2.06. The quantitative estimate of drug-likeness (QED) is 0.696. The number of aromatic nitrogens is 2. The van der Waals surface area contributed by atoms with E-state index >= 15 is 0 Å². The van der Waals surface area contributed by atoms with Crippen LogP contribution >= 0.6 is 0 Å². The number of rotatable bonds is 6. The normalized spacial score (nSPS) is 19.0. The number of morpholine rings is 1. The third kappa shape index (κ3) is 4.06. The van der Waals surface area contributed by atoms with Crippen LogP contribution in [-0.2, 0) is 18.3 Å². The first-order chi connectivity index (χ1) is 8.75. The van der Waals surface area contributed by atoms with E-state index in [1.54, 1.807) is 6.20 Å². The molecular formula is C12H22N4O2. The van der Waals surface area contributed by atoms with Crippen molar-refractivity contribution in [3.05, 3.63) is 18.2 Å². The molecule has 0 aliphatic carbocycles. The van der Waals surface area contributed by atoms with Crippen LogP contribution in [0.1, 0.15) is 5.82 Å². The average Bonchev–Trinajstić information content (AvgIpc) is 2.76. The van der Waals surface area contributed by atoms with Crippen LogP contribution in [0.5, 0.6) is 0 Å². The van der Waals surface area contributed by atoms with Gasteiger partial charge < -0.3 is 19.7 Å². The zero-order valence-electron chi connectivity index (χ0n) is 10.9. The number of hydrogen-bond donors (Lipinski definition) is 2. The van der Waals surface area contributed by atoms with Crippen molar-refractivity contribution in [3.63, 3.8) is 0 Å². The van der Waals surface area contributed by atoms with Crippen molar-refractivity contribution < 1.29 is 9.84 Å². The van der Waals surface area contributed by atoms with Crippen LogP contribution in [0.4, 0.5) is 0 Å². The SMILES string of the molecule is Cn1ccnc1CNCC(O)CN1CCOCC1. The van der Waals surface area contributed by atoms with Gasteiger partial charge in [0, 0.05) is 45.6 Å². The Bertz CT molecular complexity index is 350. The summed E-state index contributed by atoms with van der Waals surface area (Å²) in [6.45, 7) is 5.35. The molecule has 1 unspecified atom stereocenters. The lowest BCUT2D eigenvalue weighted by molar-refractivity contribution is 0.0148. The highest BCUT2D eigenvalue weighted by atomic mass is 16.5. The van der Waals surface area contributed by atoms with Gasteiger partial charge in [-0.2, -0.15) is 0 Å². The Kier molecular flexibility index (Phi) is 5.12. The molecule has 2 rings (SSSR count). The topological polar surface area (TPSA) is 62.5 Å². The van der Waals surface area contributed by atoms with E-state index in [1.807, 2.05) is 17.8 Å². The first-order valence-corrected chi connectivity index (χ1v) is 6.41. The second kappa shape index (κ2) is 6.84. The van der Waals surface area contributed by atoms with Crippen LogP contribution in [0.25, 0.3) is 0 Å². The van der Waals surface area contributed by atoms with Gasteiger partial charge in [-0.05, 0) is 0 Å². The minimum absolute atomic E-state index is 0.344. The molecule has 1 saturated heterocycles. The maximum Gasteiger partial charge on any atom is 0.122 e. The number of aliphatic hydroxyl groups excluding tert-OH is 1. The second-order valence-corrected chi connectivity index (χ2v) is 4.65. The summed E-state index contributed by atoms with van der Waals surface area (Å²) in [5.41, 5.74) is 0. The number of imidazole rings is 1. The van der Waals surface area contributed by atoms with E-state index in [4.69, 9.17) is 4.74 Å². The Morgan fingerprint density at radius 3 is 2.94 bits per heavy atom. The number of ether oxygens (including phenoxy) is 1. The highest BCUT2D eigenvalue weighted by molar-refractivity contribution is 4.90. The minimum atomic E-state index is -0.344. The van der Waals surface area contributed by atoms with Crippen LogP contribution in [0.2, 0.25) is 0 Å². The Balaban J connectivity index is 1.62. The maximum atomic E-state index is 9.93. The lowest BCUT2D eigenvalue weighted by atomic mass is 10.3. The van der Waals surface area contributed by atoms with Gasteiger partial charge in [0.1, 0.15) is 5.82 Å². The van der Waals surface area contributed by atoms with Crippen molar-refractivity contribution in [2.45, 2.75) is 12.6 Å². The maximum absolute atomic E-state index is 9.93. The molecule has 0 spiro atoms. The molecular weight excluding hydrogens is 232 g/mol. The fraction of sp³-hybridized carbons (Fsp3) is 0.750. The Labute approximate surface area is 108 Å². The highest BCUT2D eigenvalue weighted by Crippen LogP contribution is 1.98. The molecule has 0 aromatic carbocycles. The molecule has 1 aromatic rings. The first kappa shape index (κ1) is 13.5. The molecule has 0 saturated carbocycles. The van der Waals surface area contributed by atoms with Gasteiger partial charge in [0.25, 0.3) is 0 Å². The standard InChI is InChI=1S/C12H22N4O2/c1-15-3-2-14-12(15)9-13-8-11(17)10-16-4-6-18-7-5-16/h2-3,11,13,17H,4-10H2,1H3. The van der Waals surface area contributed by atoms with E-state index < -0.39 is 0 Å². The first-order valence-electron chi connectivity index (χ1n) is 6.41. The largest absolute Gasteiger partial charge is 0.390 e. The molecule has 1 atom stereocenters. The highest BCUT2D eigenvalue weighted by Gasteiger charge is 2.14. The summed E-state index contributed by atoms with van der Waals surface area (Å²) in [6, 6.07) is 0. The predicted molar refractivity (Wildman–Crippen MR) is 68.2 cm³/mol. The molecule has 1 fully saturated rings. The molecule has 102 valence electrons. The van der Waals surface area contributed by atoms with Gasteiger partial charge in [-0.15, -0.1) is 0 Å². The molecule has 6 nitrogen and oxygen atoms in total. The summed E-state index contributed by atoms with van der Waals surface area (Å²) in [7, 11) is 1.97. The number of β-amino-alcohol motifs (C(OH)–C–C–N with tert-alkyl or cyclic N) is 1. The van der Waals surface area contributed by atoms with E-state index in [1.165, 1.54) is 0 Å². The molecule has 6 heteroatoms. The average molecular weight is 254 g/mol. The molecule has 0 bridgehead atoms. The van der Waals surface area contributed by atoms with Crippen LogP contribution in [0.3, 0.4) is 0 Å². The predicted octanol–water partition coefficient (Wildman–Crippen LogP) is -0.797. The zero-order valence-corrected chi connectivity index (χ0v) is 10.9. The third-order valence-electron chi connectivity index (χ3n) is 3.16. The number of aryl methyl sites for hydroxylation is 1. The van der Waals surface area contributed by atoms with E-state index in [9.17, 15) is 5.11 Å². The number of nitrogens with one attached hydrogen (secondary N) is 1. The van der Waals surface area contributed by atoms with Crippen molar-refractivity contribution in [2.24, 2.45) is 7.05 Å². The Hall–Kier alpha value is -0.950. The monoisotopic (exact) mass is 254 g/mol. The number of hydrogen-bond acceptors (Lipinski definition) is 5. The smallest absolute Gasteiger partial charge is 0.122 e. The van der Waals surface area contributed by atoms with E-state index in [0.717, 1.165) is 32.1 Å². The molecule has 2 heterocycles. The molecule has 0 amide bonds. The minimum Gasteiger partial charge on any atom is -0.390 e. The van der Waals surface area contributed by atoms with Gasteiger partial charge in [-0.3, -0.25) is 4.90 Å². The van der Waals surface area contributed by atoms with Gasteiger partial charge in [0.15, 0.2) is 0 Å². The summed E-state index contributed by atoms with van der Waals surface area (Å²) < 4.78 is 7.25. The number of aliphatic hydroxyl groups is 1. The van der Waals surface area contributed by atoms with Gasteiger partial charge in [0.05, 0.1) is 25.9 Å². The van der Waals surface area contributed by atoms with Crippen LogP contribution < -0.4 is 5.32 Å². The molecule has 1 aromatic heterocycles.